The topological polar surface area (TPSA) is 67.1 Å². The Kier molecular flexibility index (Phi) is 8.88. The lowest BCUT2D eigenvalue weighted by molar-refractivity contribution is 0.549. The molecule has 2 unspecified atom stereocenters. The fourth-order valence-corrected chi connectivity index (χ4v) is 2.44. The van der Waals surface area contributed by atoms with E-state index in [-0.39, 0.29) is 30.0 Å². The van der Waals surface area contributed by atoms with E-state index in [9.17, 15) is 0 Å². The van der Waals surface area contributed by atoms with Crippen molar-refractivity contribution in [2.75, 3.05) is 6.54 Å². The van der Waals surface area contributed by atoms with Gasteiger partial charge in [-0.05, 0) is 26.3 Å². The van der Waals surface area contributed by atoms with E-state index in [0.29, 0.717) is 12.5 Å². The van der Waals surface area contributed by atoms with E-state index in [2.05, 4.69) is 70.9 Å². The smallest absolute Gasteiger partial charge is 0.191 e. The lowest BCUT2D eigenvalue weighted by Crippen LogP contribution is -2.44. The summed E-state index contributed by atoms with van der Waals surface area (Å²) in [6, 6.07) is 10.8. The van der Waals surface area contributed by atoms with Crippen LogP contribution in [0.15, 0.2) is 35.3 Å². The van der Waals surface area contributed by atoms with Gasteiger partial charge in [-0.15, -0.1) is 34.2 Å². The van der Waals surface area contributed by atoms with Crippen molar-refractivity contribution in [3.05, 3.63) is 47.5 Å². The van der Waals surface area contributed by atoms with Crippen LogP contribution in [0.25, 0.3) is 0 Å². The number of hydrogen-bond donors (Lipinski definition) is 2. The molecule has 1 aromatic carbocycles. The van der Waals surface area contributed by atoms with Gasteiger partial charge in [-0.2, -0.15) is 0 Å². The van der Waals surface area contributed by atoms with Crippen LogP contribution in [-0.2, 0) is 13.6 Å². The lowest BCUT2D eigenvalue weighted by atomic mass is 9.94. The Balaban J connectivity index is 0.00000312. The van der Waals surface area contributed by atoms with Gasteiger partial charge in [-0.25, -0.2) is 4.99 Å². The summed E-state index contributed by atoms with van der Waals surface area (Å²) in [5, 5.41) is 15.0. The van der Waals surface area contributed by atoms with Crippen molar-refractivity contribution >= 4 is 29.9 Å². The number of nitrogens with one attached hydrogen (secondary N) is 2. The number of halogens is 1. The van der Waals surface area contributed by atoms with E-state index in [4.69, 9.17) is 0 Å². The first-order valence-corrected chi connectivity index (χ1v) is 8.47. The zero-order valence-electron chi connectivity index (χ0n) is 15.7. The predicted octanol–water partition coefficient (Wildman–Crippen LogP) is 2.99. The van der Waals surface area contributed by atoms with Gasteiger partial charge in [0.25, 0.3) is 0 Å². The van der Waals surface area contributed by atoms with E-state index in [1.165, 1.54) is 5.56 Å². The van der Waals surface area contributed by atoms with Gasteiger partial charge in [0.1, 0.15) is 12.4 Å². The minimum atomic E-state index is 0. The minimum absolute atomic E-state index is 0. The summed E-state index contributed by atoms with van der Waals surface area (Å²) in [7, 11) is 1.96. The van der Waals surface area contributed by atoms with Gasteiger partial charge in [-0.3, -0.25) is 0 Å². The van der Waals surface area contributed by atoms with Crippen LogP contribution in [-0.4, -0.2) is 33.3 Å². The molecule has 7 heteroatoms. The van der Waals surface area contributed by atoms with Crippen LogP contribution in [0.4, 0.5) is 0 Å². The maximum absolute atomic E-state index is 4.65. The molecule has 6 nitrogen and oxygen atoms in total. The van der Waals surface area contributed by atoms with E-state index in [1.807, 2.05) is 24.6 Å². The van der Waals surface area contributed by atoms with Crippen LogP contribution >= 0.6 is 24.0 Å². The Morgan fingerprint density at radius 2 is 1.88 bits per heavy atom. The molecule has 0 amide bonds. The van der Waals surface area contributed by atoms with Crippen molar-refractivity contribution in [2.45, 2.75) is 46.2 Å². The normalized spacial score (nSPS) is 13.7. The Morgan fingerprint density at radius 1 is 1.20 bits per heavy atom. The number of hydrogen-bond acceptors (Lipinski definition) is 3. The highest BCUT2D eigenvalue weighted by Gasteiger charge is 2.15. The molecule has 2 atom stereocenters. The van der Waals surface area contributed by atoms with Crippen molar-refractivity contribution in [3.8, 4) is 0 Å². The largest absolute Gasteiger partial charge is 0.357 e. The molecule has 0 spiro atoms. The highest BCUT2D eigenvalue weighted by Crippen LogP contribution is 2.18. The molecule has 25 heavy (non-hydrogen) atoms. The second-order valence-electron chi connectivity index (χ2n) is 6.05. The number of aryl methyl sites for hydroxylation is 1. The second-order valence-corrected chi connectivity index (χ2v) is 6.05. The number of guanidine groups is 1. The van der Waals surface area contributed by atoms with Crippen molar-refractivity contribution < 1.29 is 0 Å². The number of nitrogens with zero attached hydrogens (tertiary/aromatic N) is 4. The molecule has 0 aliphatic carbocycles. The first-order chi connectivity index (χ1) is 11.5. The molecule has 0 fully saturated rings. The van der Waals surface area contributed by atoms with E-state index < -0.39 is 0 Å². The van der Waals surface area contributed by atoms with Crippen LogP contribution in [0, 0.1) is 6.92 Å². The van der Waals surface area contributed by atoms with Crippen LogP contribution in [0.3, 0.4) is 0 Å². The molecule has 0 saturated carbocycles. The Labute approximate surface area is 167 Å². The molecule has 1 aromatic heterocycles. The zero-order valence-corrected chi connectivity index (χ0v) is 18.0. The van der Waals surface area contributed by atoms with Gasteiger partial charge in [-0.1, -0.05) is 37.3 Å². The summed E-state index contributed by atoms with van der Waals surface area (Å²) < 4.78 is 1.96. The van der Waals surface area contributed by atoms with Crippen LogP contribution in [0.1, 0.15) is 43.9 Å². The summed E-state index contributed by atoms with van der Waals surface area (Å²) in [4.78, 5) is 4.65. The molecule has 2 rings (SSSR count). The van der Waals surface area contributed by atoms with Gasteiger partial charge in [0.05, 0.1) is 0 Å². The summed E-state index contributed by atoms with van der Waals surface area (Å²) >= 11 is 0. The first-order valence-electron chi connectivity index (χ1n) is 8.47. The molecule has 2 aromatic rings. The molecule has 2 N–H and O–H groups in total. The number of aliphatic imine (C=N–C) groups is 1. The van der Waals surface area contributed by atoms with Crippen molar-refractivity contribution in [1.82, 2.24) is 25.4 Å². The van der Waals surface area contributed by atoms with E-state index >= 15 is 0 Å². The van der Waals surface area contributed by atoms with Crippen LogP contribution < -0.4 is 10.6 Å². The minimum Gasteiger partial charge on any atom is -0.357 e. The predicted molar refractivity (Wildman–Crippen MR) is 113 cm³/mol. The lowest BCUT2D eigenvalue weighted by Gasteiger charge is -2.24. The molecule has 0 saturated heterocycles. The fourth-order valence-electron chi connectivity index (χ4n) is 2.44. The Morgan fingerprint density at radius 3 is 2.44 bits per heavy atom. The van der Waals surface area contributed by atoms with E-state index in [1.54, 1.807) is 0 Å². The summed E-state index contributed by atoms with van der Waals surface area (Å²) in [5.41, 5.74) is 1.32. The number of benzene rings is 1. The van der Waals surface area contributed by atoms with Gasteiger partial charge in [0, 0.05) is 25.6 Å². The molecular weight excluding hydrogens is 427 g/mol. The monoisotopic (exact) mass is 456 g/mol. The average Bonchev–Trinajstić information content (AvgIpc) is 2.91. The molecule has 0 aliphatic heterocycles. The maximum atomic E-state index is 4.65. The van der Waals surface area contributed by atoms with Crippen LogP contribution in [0.2, 0.25) is 0 Å². The SMILES string of the molecule is CCNC(=NCc1nnc(C)n1C)NC(C)C(C)c1ccccc1.I. The van der Waals surface area contributed by atoms with E-state index in [0.717, 1.165) is 24.2 Å². The third-order valence-electron chi connectivity index (χ3n) is 4.35. The molecular formula is C18H29IN6. The number of rotatable bonds is 6. The van der Waals surface area contributed by atoms with Crippen molar-refractivity contribution in [1.29, 1.82) is 0 Å². The fraction of sp³-hybridized carbons (Fsp3) is 0.500. The highest BCUT2D eigenvalue weighted by atomic mass is 127. The molecule has 0 bridgehead atoms. The summed E-state index contributed by atoms with van der Waals surface area (Å²) in [5.74, 6) is 2.93. The van der Waals surface area contributed by atoms with Gasteiger partial charge < -0.3 is 15.2 Å². The first kappa shape index (κ1) is 21.4. The quantitative estimate of drug-likeness (QED) is 0.399. The standard InChI is InChI=1S/C18H28N6.HI/c1-6-19-18(20-12-17-23-22-15(4)24(17)5)21-14(3)13(2)16-10-8-7-9-11-16;/h7-11,13-14H,6,12H2,1-5H3,(H2,19,20,21);1H. The molecule has 138 valence electrons. The average molecular weight is 456 g/mol. The van der Waals surface area contributed by atoms with Crippen LogP contribution in [0.5, 0.6) is 0 Å². The molecule has 1 heterocycles. The van der Waals surface area contributed by atoms with Crippen molar-refractivity contribution in [2.24, 2.45) is 12.0 Å². The Bertz CT molecular complexity index is 667. The Hall–Kier alpha value is -1.64. The third kappa shape index (κ3) is 5.98. The zero-order chi connectivity index (χ0) is 17.5. The third-order valence-corrected chi connectivity index (χ3v) is 4.35. The highest BCUT2D eigenvalue weighted by molar-refractivity contribution is 14.0. The number of aromatic nitrogens is 3. The van der Waals surface area contributed by atoms with Gasteiger partial charge >= 0.3 is 0 Å². The van der Waals surface area contributed by atoms with Crippen molar-refractivity contribution in [3.63, 3.8) is 0 Å². The van der Waals surface area contributed by atoms with Gasteiger partial charge in [0.2, 0.25) is 0 Å². The molecule has 0 radical (unpaired) electrons. The summed E-state index contributed by atoms with van der Waals surface area (Å²) in [6.07, 6.45) is 0. The van der Waals surface area contributed by atoms with Gasteiger partial charge in [0.15, 0.2) is 11.8 Å². The summed E-state index contributed by atoms with van der Waals surface area (Å²) in [6.45, 7) is 9.72. The molecule has 0 aliphatic rings. The maximum Gasteiger partial charge on any atom is 0.191 e. The second kappa shape index (κ2) is 10.4.